The van der Waals surface area contributed by atoms with Crippen molar-refractivity contribution in [2.45, 2.75) is 37.6 Å². The van der Waals surface area contributed by atoms with Gasteiger partial charge in [-0.1, -0.05) is 16.8 Å². The minimum atomic E-state index is -0.377. The van der Waals surface area contributed by atoms with E-state index in [1.54, 1.807) is 6.07 Å². The summed E-state index contributed by atoms with van der Waals surface area (Å²) in [5.74, 6) is 0.999. The standard InChI is InChI=1S/C15H17ClFN3O/c1-18-11-5-2-9(3-6-11)15-19-14(20-21-15)12-7-4-10(17)8-13(12)16/h4,7-9,11,18H,2-3,5-6H2,1H3. The molecule has 1 N–H and O–H groups in total. The van der Waals surface area contributed by atoms with Gasteiger partial charge in [0.25, 0.3) is 0 Å². The largest absolute Gasteiger partial charge is 0.339 e. The van der Waals surface area contributed by atoms with E-state index in [1.807, 2.05) is 7.05 Å². The number of hydrogen-bond acceptors (Lipinski definition) is 4. The van der Waals surface area contributed by atoms with Crippen LogP contribution in [0.25, 0.3) is 11.4 Å². The molecule has 3 rings (SSSR count). The van der Waals surface area contributed by atoms with Gasteiger partial charge in [-0.05, 0) is 50.9 Å². The van der Waals surface area contributed by atoms with Gasteiger partial charge in [-0.15, -0.1) is 0 Å². The molecule has 4 nitrogen and oxygen atoms in total. The molecule has 0 radical (unpaired) electrons. The summed E-state index contributed by atoms with van der Waals surface area (Å²) in [6, 6.07) is 4.75. The van der Waals surface area contributed by atoms with Crippen molar-refractivity contribution < 1.29 is 8.91 Å². The molecular weight excluding hydrogens is 293 g/mol. The zero-order valence-corrected chi connectivity index (χ0v) is 12.5. The lowest BCUT2D eigenvalue weighted by Gasteiger charge is -2.25. The highest BCUT2D eigenvalue weighted by atomic mass is 35.5. The molecule has 1 aliphatic rings. The highest BCUT2D eigenvalue weighted by Gasteiger charge is 2.26. The maximum atomic E-state index is 13.1. The number of nitrogens with one attached hydrogen (secondary N) is 1. The zero-order valence-electron chi connectivity index (χ0n) is 11.8. The van der Waals surface area contributed by atoms with Crippen LogP contribution in [-0.2, 0) is 0 Å². The summed E-state index contributed by atoms with van der Waals surface area (Å²) in [5, 5.41) is 7.58. The lowest BCUT2D eigenvalue weighted by atomic mass is 9.86. The molecule has 0 amide bonds. The Kier molecular flexibility index (Phi) is 4.22. The van der Waals surface area contributed by atoms with Crippen LogP contribution in [-0.4, -0.2) is 23.2 Å². The van der Waals surface area contributed by atoms with E-state index in [1.165, 1.54) is 12.1 Å². The summed E-state index contributed by atoms with van der Waals surface area (Å²) >= 11 is 6.03. The second kappa shape index (κ2) is 6.12. The smallest absolute Gasteiger partial charge is 0.230 e. The summed E-state index contributed by atoms with van der Waals surface area (Å²) in [6.07, 6.45) is 4.28. The molecule has 1 saturated carbocycles. The molecular formula is C15H17ClFN3O. The first kappa shape index (κ1) is 14.5. The quantitative estimate of drug-likeness (QED) is 0.937. The van der Waals surface area contributed by atoms with Gasteiger partial charge in [0, 0.05) is 17.5 Å². The zero-order chi connectivity index (χ0) is 14.8. The highest BCUT2D eigenvalue weighted by Crippen LogP contribution is 2.34. The van der Waals surface area contributed by atoms with Crippen molar-refractivity contribution in [1.29, 1.82) is 0 Å². The Hall–Kier alpha value is -1.46. The van der Waals surface area contributed by atoms with E-state index in [0.717, 1.165) is 25.7 Å². The van der Waals surface area contributed by atoms with Crippen LogP contribution < -0.4 is 5.32 Å². The normalized spacial score (nSPS) is 22.4. The van der Waals surface area contributed by atoms with Crippen LogP contribution in [0.2, 0.25) is 5.02 Å². The third-order valence-corrected chi connectivity index (χ3v) is 4.41. The van der Waals surface area contributed by atoms with Crippen molar-refractivity contribution in [2.75, 3.05) is 7.05 Å². The third kappa shape index (κ3) is 3.09. The van der Waals surface area contributed by atoms with Crippen molar-refractivity contribution in [3.8, 4) is 11.4 Å². The highest BCUT2D eigenvalue weighted by molar-refractivity contribution is 6.33. The summed E-state index contributed by atoms with van der Waals surface area (Å²) in [6.45, 7) is 0. The Morgan fingerprint density at radius 3 is 2.71 bits per heavy atom. The lowest BCUT2D eigenvalue weighted by molar-refractivity contribution is 0.289. The fraction of sp³-hybridized carbons (Fsp3) is 0.467. The van der Waals surface area contributed by atoms with Gasteiger partial charge >= 0.3 is 0 Å². The van der Waals surface area contributed by atoms with Crippen LogP contribution in [0.15, 0.2) is 22.7 Å². The van der Waals surface area contributed by atoms with E-state index < -0.39 is 0 Å². The Morgan fingerprint density at radius 1 is 1.29 bits per heavy atom. The number of halogens is 2. The molecule has 6 heteroatoms. The fourth-order valence-corrected chi connectivity index (χ4v) is 3.06. The second-order valence-electron chi connectivity index (χ2n) is 5.42. The van der Waals surface area contributed by atoms with Crippen LogP contribution in [0.4, 0.5) is 4.39 Å². The number of rotatable bonds is 3. The lowest BCUT2D eigenvalue weighted by Crippen LogP contribution is -2.29. The van der Waals surface area contributed by atoms with Gasteiger partial charge in [0.05, 0.1) is 5.02 Å². The van der Waals surface area contributed by atoms with Gasteiger partial charge in [0.15, 0.2) is 0 Å². The topological polar surface area (TPSA) is 51.0 Å². The van der Waals surface area contributed by atoms with Crippen molar-refractivity contribution in [2.24, 2.45) is 0 Å². The van der Waals surface area contributed by atoms with Gasteiger partial charge in [0.1, 0.15) is 5.82 Å². The Labute approximate surface area is 127 Å². The number of nitrogens with zero attached hydrogens (tertiary/aromatic N) is 2. The van der Waals surface area contributed by atoms with Crippen molar-refractivity contribution >= 4 is 11.6 Å². The predicted molar refractivity (Wildman–Crippen MR) is 78.8 cm³/mol. The van der Waals surface area contributed by atoms with Crippen molar-refractivity contribution in [3.05, 3.63) is 34.9 Å². The molecule has 2 aromatic rings. The van der Waals surface area contributed by atoms with Gasteiger partial charge in [0.2, 0.25) is 11.7 Å². The monoisotopic (exact) mass is 309 g/mol. The summed E-state index contributed by atoms with van der Waals surface area (Å²) < 4.78 is 18.5. The van der Waals surface area contributed by atoms with E-state index >= 15 is 0 Å². The Balaban J connectivity index is 1.77. The van der Waals surface area contributed by atoms with Gasteiger partial charge < -0.3 is 9.84 Å². The molecule has 0 spiro atoms. The van der Waals surface area contributed by atoms with Gasteiger partial charge in [-0.3, -0.25) is 0 Å². The molecule has 0 bridgehead atoms. The van der Waals surface area contributed by atoms with E-state index in [9.17, 15) is 4.39 Å². The molecule has 112 valence electrons. The molecule has 21 heavy (non-hydrogen) atoms. The number of aromatic nitrogens is 2. The van der Waals surface area contributed by atoms with Gasteiger partial charge in [-0.2, -0.15) is 4.98 Å². The summed E-state index contributed by atoms with van der Waals surface area (Å²) in [4.78, 5) is 4.44. The molecule has 0 saturated heterocycles. The SMILES string of the molecule is CNC1CCC(c2nc(-c3ccc(F)cc3Cl)no2)CC1. The van der Waals surface area contributed by atoms with Crippen LogP contribution in [0.5, 0.6) is 0 Å². The van der Waals surface area contributed by atoms with Crippen molar-refractivity contribution in [1.82, 2.24) is 15.5 Å². The molecule has 1 aromatic heterocycles. The third-order valence-electron chi connectivity index (χ3n) is 4.10. The van der Waals surface area contributed by atoms with Crippen LogP contribution >= 0.6 is 11.6 Å². The molecule has 0 aliphatic heterocycles. The summed E-state index contributed by atoms with van der Waals surface area (Å²) in [7, 11) is 1.99. The summed E-state index contributed by atoms with van der Waals surface area (Å²) in [5.41, 5.74) is 0.594. The molecule has 1 heterocycles. The second-order valence-corrected chi connectivity index (χ2v) is 5.82. The van der Waals surface area contributed by atoms with E-state index in [0.29, 0.717) is 34.3 Å². The molecule has 1 aliphatic carbocycles. The van der Waals surface area contributed by atoms with Crippen LogP contribution in [0.3, 0.4) is 0 Å². The number of hydrogen-bond donors (Lipinski definition) is 1. The molecule has 1 fully saturated rings. The Bertz CT molecular complexity index is 623. The first-order chi connectivity index (χ1) is 10.2. The maximum absolute atomic E-state index is 13.1. The van der Waals surface area contributed by atoms with E-state index in [4.69, 9.17) is 16.1 Å². The van der Waals surface area contributed by atoms with E-state index in [2.05, 4.69) is 15.5 Å². The predicted octanol–water partition coefficient (Wildman–Crippen LogP) is 3.77. The first-order valence-corrected chi connectivity index (χ1v) is 7.51. The average Bonchev–Trinajstić information content (AvgIpc) is 2.97. The fourth-order valence-electron chi connectivity index (χ4n) is 2.81. The molecule has 0 atom stereocenters. The number of benzene rings is 1. The minimum Gasteiger partial charge on any atom is -0.339 e. The van der Waals surface area contributed by atoms with Gasteiger partial charge in [-0.25, -0.2) is 4.39 Å². The molecule has 1 aromatic carbocycles. The Morgan fingerprint density at radius 2 is 2.05 bits per heavy atom. The van der Waals surface area contributed by atoms with E-state index in [-0.39, 0.29) is 5.82 Å². The molecule has 0 unspecified atom stereocenters. The van der Waals surface area contributed by atoms with Crippen LogP contribution in [0, 0.1) is 5.82 Å². The van der Waals surface area contributed by atoms with Crippen LogP contribution in [0.1, 0.15) is 37.5 Å². The first-order valence-electron chi connectivity index (χ1n) is 7.13. The average molecular weight is 310 g/mol. The van der Waals surface area contributed by atoms with Crippen molar-refractivity contribution in [3.63, 3.8) is 0 Å². The minimum absolute atomic E-state index is 0.293. The maximum Gasteiger partial charge on any atom is 0.230 e.